The largest absolute Gasteiger partial charge is 0.379 e. The number of amides is 1. The van der Waals surface area contributed by atoms with Crippen LogP contribution >= 0.6 is 24.0 Å². The Morgan fingerprint density at radius 3 is 2.23 bits per heavy atom. The zero-order valence-corrected chi connectivity index (χ0v) is 19.3. The third-order valence-corrected chi connectivity index (χ3v) is 4.31. The number of hydrogen-bond acceptors (Lipinski definition) is 4. The summed E-state index contributed by atoms with van der Waals surface area (Å²) in [7, 11) is 0. The Kier molecular flexibility index (Phi) is 14.1. The second-order valence-electron chi connectivity index (χ2n) is 7.05. The van der Waals surface area contributed by atoms with Crippen LogP contribution in [0.15, 0.2) is 4.99 Å². The van der Waals surface area contributed by atoms with Crippen LogP contribution in [-0.4, -0.2) is 75.3 Å². The predicted molar refractivity (Wildman–Crippen MR) is 118 cm³/mol. The van der Waals surface area contributed by atoms with Crippen molar-refractivity contribution in [3.05, 3.63) is 0 Å². The van der Waals surface area contributed by atoms with Gasteiger partial charge in [-0.2, -0.15) is 0 Å². The van der Waals surface area contributed by atoms with Crippen molar-refractivity contribution in [3.63, 3.8) is 0 Å². The number of nitrogens with one attached hydrogen (secondary N) is 3. The van der Waals surface area contributed by atoms with Gasteiger partial charge in [0.25, 0.3) is 0 Å². The van der Waals surface area contributed by atoms with Crippen LogP contribution in [0.25, 0.3) is 0 Å². The highest BCUT2D eigenvalue weighted by molar-refractivity contribution is 14.0. The van der Waals surface area contributed by atoms with Crippen LogP contribution in [0.1, 0.15) is 34.6 Å². The second-order valence-corrected chi connectivity index (χ2v) is 7.05. The molecule has 1 amide bonds. The number of carbonyl (C=O) groups is 1. The van der Waals surface area contributed by atoms with Crippen LogP contribution in [-0.2, 0) is 9.53 Å². The molecule has 1 saturated heterocycles. The van der Waals surface area contributed by atoms with Crippen LogP contribution < -0.4 is 16.0 Å². The van der Waals surface area contributed by atoms with Crippen LogP contribution in [0.4, 0.5) is 0 Å². The lowest BCUT2D eigenvalue weighted by atomic mass is 10.0. The Labute approximate surface area is 176 Å². The summed E-state index contributed by atoms with van der Waals surface area (Å²) >= 11 is 0. The molecule has 1 atom stereocenters. The zero-order chi connectivity index (χ0) is 18.7. The van der Waals surface area contributed by atoms with E-state index in [4.69, 9.17) is 9.73 Å². The van der Waals surface area contributed by atoms with Gasteiger partial charge in [0.1, 0.15) is 0 Å². The molecule has 1 unspecified atom stereocenters. The van der Waals surface area contributed by atoms with Gasteiger partial charge in [-0.05, 0) is 12.8 Å². The highest BCUT2D eigenvalue weighted by Crippen LogP contribution is 2.13. The minimum absolute atomic E-state index is 0. The summed E-state index contributed by atoms with van der Waals surface area (Å²) in [6, 6.07) is 0.417. The number of ether oxygens (including phenoxy) is 1. The number of nitrogens with zero attached hydrogens (tertiary/aromatic N) is 2. The summed E-state index contributed by atoms with van der Waals surface area (Å²) in [6.07, 6.45) is 0. The number of aliphatic imine (C=N–C) groups is 1. The number of morpholine rings is 1. The van der Waals surface area contributed by atoms with Gasteiger partial charge in [-0.1, -0.05) is 27.7 Å². The summed E-state index contributed by atoms with van der Waals surface area (Å²) in [4.78, 5) is 18.8. The maximum atomic E-state index is 11.6. The summed E-state index contributed by atoms with van der Waals surface area (Å²) in [5.74, 6) is 1.44. The molecule has 26 heavy (non-hydrogen) atoms. The fraction of sp³-hybridized carbons (Fsp3) is 0.889. The molecule has 0 spiro atoms. The molecule has 1 aliphatic heterocycles. The molecule has 3 N–H and O–H groups in total. The third-order valence-electron chi connectivity index (χ3n) is 4.31. The molecule has 7 nitrogen and oxygen atoms in total. The normalized spacial score (nSPS) is 17.0. The van der Waals surface area contributed by atoms with E-state index in [1.54, 1.807) is 0 Å². The van der Waals surface area contributed by atoms with E-state index in [2.05, 4.69) is 41.6 Å². The van der Waals surface area contributed by atoms with Gasteiger partial charge >= 0.3 is 0 Å². The number of carbonyl (C=O) groups excluding carboxylic acids is 1. The summed E-state index contributed by atoms with van der Waals surface area (Å²) in [5, 5.41) is 9.47. The van der Waals surface area contributed by atoms with Crippen LogP contribution in [0.2, 0.25) is 0 Å². The molecule has 0 saturated carbocycles. The van der Waals surface area contributed by atoms with E-state index >= 15 is 0 Å². The molecule has 1 heterocycles. The Hall–Kier alpha value is -0.610. The first-order chi connectivity index (χ1) is 12.0. The van der Waals surface area contributed by atoms with E-state index in [1.165, 1.54) is 0 Å². The molecule has 0 aromatic rings. The van der Waals surface area contributed by atoms with Crippen LogP contribution in [0.3, 0.4) is 0 Å². The smallest absolute Gasteiger partial charge is 0.222 e. The van der Waals surface area contributed by atoms with E-state index in [9.17, 15) is 4.79 Å². The van der Waals surface area contributed by atoms with E-state index in [0.717, 1.165) is 45.4 Å². The molecule has 0 radical (unpaired) electrons. The lowest BCUT2D eigenvalue weighted by Gasteiger charge is -2.36. The first-order valence-electron chi connectivity index (χ1n) is 9.57. The summed E-state index contributed by atoms with van der Waals surface area (Å²) in [5.41, 5.74) is 0. The number of guanidine groups is 1. The molecule has 1 rings (SSSR count). The molecule has 1 aliphatic rings. The quantitative estimate of drug-likeness (QED) is 0.200. The van der Waals surface area contributed by atoms with E-state index in [-0.39, 0.29) is 35.8 Å². The SMILES string of the molecule is CCNC(=NCC(C(C)C)N1CCOCC1)NCCNC(=O)C(C)C.I. The fourth-order valence-electron chi connectivity index (χ4n) is 2.75. The van der Waals surface area contributed by atoms with Crippen LogP contribution in [0, 0.1) is 11.8 Å². The molecule has 0 aromatic heterocycles. The Balaban J connectivity index is 0.00000625. The van der Waals surface area contributed by atoms with Crippen molar-refractivity contribution in [3.8, 4) is 0 Å². The van der Waals surface area contributed by atoms with Crippen molar-refractivity contribution in [2.45, 2.75) is 40.7 Å². The topological polar surface area (TPSA) is 78.0 Å². The van der Waals surface area contributed by atoms with Crippen molar-refractivity contribution in [2.24, 2.45) is 16.8 Å². The molecule has 0 bridgehead atoms. The molecular formula is C18H38IN5O2. The van der Waals surface area contributed by atoms with Gasteiger partial charge in [0.15, 0.2) is 5.96 Å². The Morgan fingerprint density at radius 1 is 1.08 bits per heavy atom. The van der Waals surface area contributed by atoms with Gasteiger partial charge in [-0.15, -0.1) is 24.0 Å². The van der Waals surface area contributed by atoms with Gasteiger partial charge in [-0.25, -0.2) is 0 Å². The molecule has 0 aliphatic carbocycles. The van der Waals surface area contributed by atoms with Gasteiger partial charge in [-0.3, -0.25) is 14.7 Å². The van der Waals surface area contributed by atoms with Gasteiger partial charge < -0.3 is 20.7 Å². The van der Waals surface area contributed by atoms with Gasteiger partial charge in [0.05, 0.1) is 19.8 Å². The Bertz CT molecular complexity index is 412. The molecular weight excluding hydrogens is 445 g/mol. The minimum Gasteiger partial charge on any atom is -0.379 e. The lowest BCUT2D eigenvalue weighted by Crippen LogP contribution is -2.48. The molecule has 0 aromatic carbocycles. The molecule has 154 valence electrons. The molecule has 1 fully saturated rings. The zero-order valence-electron chi connectivity index (χ0n) is 17.0. The fourth-order valence-corrected chi connectivity index (χ4v) is 2.75. The number of rotatable bonds is 9. The highest BCUT2D eigenvalue weighted by Gasteiger charge is 2.23. The van der Waals surface area contributed by atoms with E-state index in [1.807, 2.05) is 13.8 Å². The first kappa shape index (κ1) is 25.4. The summed E-state index contributed by atoms with van der Waals surface area (Å²) in [6.45, 7) is 16.7. The van der Waals surface area contributed by atoms with Crippen molar-refractivity contribution < 1.29 is 9.53 Å². The van der Waals surface area contributed by atoms with E-state index in [0.29, 0.717) is 25.0 Å². The van der Waals surface area contributed by atoms with Gasteiger partial charge in [0, 0.05) is 44.7 Å². The average Bonchev–Trinajstić information content (AvgIpc) is 2.59. The maximum Gasteiger partial charge on any atom is 0.222 e. The van der Waals surface area contributed by atoms with Crippen LogP contribution in [0.5, 0.6) is 0 Å². The average molecular weight is 483 g/mol. The third kappa shape index (κ3) is 9.91. The van der Waals surface area contributed by atoms with Crippen molar-refractivity contribution in [1.29, 1.82) is 0 Å². The van der Waals surface area contributed by atoms with Crippen molar-refractivity contribution in [2.75, 3.05) is 52.5 Å². The number of halogens is 1. The highest BCUT2D eigenvalue weighted by atomic mass is 127. The van der Waals surface area contributed by atoms with Crippen molar-refractivity contribution >= 4 is 35.8 Å². The lowest BCUT2D eigenvalue weighted by molar-refractivity contribution is -0.123. The number of hydrogen-bond donors (Lipinski definition) is 3. The molecule has 8 heteroatoms. The van der Waals surface area contributed by atoms with E-state index < -0.39 is 0 Å². The summed E-state index contributed by atoms with van der Waals surface area (Å²) < 4.78 is 5.46. The monoisotopic (exact) mass is 483 g/mol. The maximum absolute atomic E-state index is 11.6. The minimum atomic E-state index is 0. The van der Waals surface area contributed by atoms with Gasteiger partial charge in [0.2, 0.25) is 5.91 Å². The first-order valence-corrected chi connectivity index (χ1v) is 9.57. The Morgan fingerprint density at radius 2 is 1.69 bits per heavy atom. The van der Waals surface area contributed by atoms with Crippen molar-refractivity contribution in [1.82, 2.24) is 20.9 Å². The second kappa shape index (κ2) is 14.4. The predicted octanol–water partition coefficient (Wildman–Crippen LogP) is 1.29. The standard InChI is InChI=1S/C18H37N5O2.HI/c1-6-19-18(21-8-7-20-17(24)15(4)5)22-13-16(14(2)3)23-9-11-25-12-10-23;/h14-16H,6-13H2,1-5H3,(H,20,24)(H2,19,21,22);1H.